The van der Waals surface area contributed by atoms with E-state index < -0.39 is 11.9 Å². The lowest BCUT2D eigenvalue weighted by molar-refractivity contribution is -0.119. The zero-order valence-electron chi connectivity index (χ0n) is 16.5. The fourth-order valence-electron chi connectivity index (χ4n) is 2.94. The third-order valence-electron chi connectivity index (χ3n) is 4.25. The van der Waals surface area contributed by atoms with E-state index in [-0.39, 0.29) is 28.9 Å². The second kappa shape index (κ2) is 8.72. The molecule has 1 aromatic carbocycles. The van der Waals surface area contributed by atoms with Gasteiger partial charge in [0, 0.05) is 37.6 Å². The highest BCUT2D eigenvalue weighted by molar-refractivity contribution is 5.92. The van der Waals surface area contributed by atoms with Gasteiger partial charge in [0.15, 0.2) is 5.82 Å². The number of aromatic nitrogens is 3. The molecule has 1 N–H and O–H groups in total. The Morgan fingerprint density at radius 1 is 1.17 bits per heavy atom. The number of benzene rings is 1. The molecule has 0 bridgehead atoms. The van der Waals surface area contributed by atoms with Crippen LogP contribution in [0.5, 0.6) is 11.5 Å². The molecule has 0 aliphatic carbocycles. The van der Waals surface area contributed by atoms with E-state index in [2.05, 4.69) is 10.4 Å². The summed E-state index contributed by atoms with van der Waals surface area (Å²) in [6.45, 7) is 3.96. The number of ether oxygens (including phenoxy) is 1. The van der Waals surface area contributed by atoms with E-state index >= 15 is 0 Å². The normalized spacial score (nSPS) is 12.0. The van der Waals surface area contributed by atoms with E-state index in [9.17, 15) is 14.0 Å². The van der Waals surface area contributed by atoms with Crippen LogP contribution in [0, 0.1) is 11.7 Å². The lowest BCUT2D eigenvalue weighted by atomic mass is 10.0. The molecule has 3 aromatic rings. The van der Waals surface area contributed by atoms with Crippen LogP contribution in [0.25, 0.3) is 0 Å². The van der Waals surface area contributed by atoms with Gasteiger partial charge in [-0.1, -0.05) is 19.9 Å². The monoisotopic (exact) mass is 398 g/mol. The van der Waals surface area contributed by atoms with Crippen LogP contribution in [-0.2, 0) is 11.8 Å². The summed E-state index contributed by atoms with van der Waals surface area (Å²) in [4.78, 5) is 25.5. The molecule has 7 nitrogen and oxygen atoms in total. The number of carbonyl (C=O) groups excluding carboxylic acids is 1. The Bertz CT molecular complexity index is 1060. The minimum absolute atomic E-state index is 0.185. The first-order valence-corrected chi connectivity index (χ1v) is 9.28. The Morgan fingerprint density at radius 2 is 1.93 bits per heavy atom. The van der Waals surface area contributed by atoms with Crippen molar-refractivity contribution in [2.75, 3.05) is 5.32 Å². The molecule has 0 spiro atoms. The summed E-state index contributed by atoms with van der Waals surface area (Å²) < 4.78 is 21.8. The first-order valence-electron chi connectivity index (χ1n) is 9.28. The molecule has 152 valence electrons. The summed E-state index contributed by atoms with van der Waals surface area (Å²) in [5, 5.41) is 6.89. The van der Waals surface area contributed by atoms with Crippen molar-refractivity contribution in [3.05, 3.63) is 71.0 Å². The van der Waals surface area contributed by atoms with Gasteiger partial charge in [0.1, 0.15) is 23.4 Å². The highest BCUT2D eigenvalue weighted by Gasteiger charge is 2.23. The number of rotatable bonds is 7. The predicted molar refractivity (Wildman–Crippen MR) is 108 cm³/mol. The Kier molecular flexibility index (Phi) is 6.11. The third kappa shape index (κ3) is 5.31. The van der Waals surface area contributed by atoms with Crippen molar-refractivity contribution >= 4 is 11.7 Å². The van der Waals surface area contributed by atoms with Gasteiger partial charge in [-0.3, -0.25) is 14.3 Å². The van der Waals surface area contributed by atoms with Gasteiger partial charge in [-0.2, -0.15) is 5.10 Å². The summed E-state index contributed by atoms with van der Waals surface area (Å²) in [5.74, 6) is 0.409. The number of carbonyl (C=O) groups is 1. The van der Waals surface area contributed by atoms with Crippen LogP contribution in [0.15, 0.2) is 59.7 Å². The van der Waals surface area contributed by atoms with Gasteiger partial charge >= 0.3 is 0 Å². The maximum Gasteiger partial charge on any atom is 0.254 e. The van der Waals surface area contributed by atoms with Crippen molar-refractivity contribution in [3.8, 4) is 11.5 Å². The SMILES string of the molecule is CC(C)CC(C(=O)Nc1ccn(C)n1)n1ccc(Oc2cccc(F)c2)cc1=O. The van der Waals surface area contributed by atoms with E-state index in [0.717, 1.165) is 0 Å². The minimum atomic E-state index is -0.701. The maximum absolute atomic E-state index is 13.3. The lowest BCUT2D eigenvalue weighted by Gasteiger charge is -2.21. The Labute approximate surface area is 167 Å². The molecule has 2 aromatic heterocycles. The van der Waals surface area contributed by atoms with Gasteiger partial charge in [-0.05, 0) is 30.5 Å². The molecule has 0 radical (unpaired) electrons. The Balaban J connectivity index is 1.83. The molecule has 1 atom stereocenters. The van der Waals surface area contributed by atoms with Crippen LogP contribution >= 0.6 is 0 Å². The summed E-state index contributed by atoms with van der Waals surface area (Å²) in [6.07, 6.45) is 3.71. The van der Waals surface area contributed by atoms with Crippen LogP contribution < -0.4 is 15.6 Å². The molecule has 29 heavy (non-hydrogen) atoms. The number of hydrogen-bond donors (Lipinski definition) is 1. The average molecular weight is 398 g/mol. The largest absolute Gasteiger partial charge is 0.457 e. The number of nitrogens with one attached hydrogen (secondary N) is 1. The van der Waals surface area contributed by atoms with Gasteiger partial charge in [0.2, 0.25) is 5.91 Å². The van der Waals surface area contributed by atoms with Crippen molar-refractivity contribution in [1.82, 2.24) is 14.3 Å². The fraction of sp³-hybridized carbons (Fsp3) is 0.286. The van der Waals surface area contributed by atoms with Crippen molar-refractivity contribution in [1.29, 1.82) is 0 Å². The number of pyridine rings is 1. The smallest absolute Gasteiger partial charge is 0.254 e. The number of hydrogen-bond acceptors (Lipinski definition) is 4. The van der Waals surface area contributed by atoms with E-state index in [1.165, 1.54) is 35.0 Å². The second-order valence-electron chi connectivity index (χ2n) is 7.18. The quantitative estimate of drug-likeness (QED) is 0.658. The number of aryl methyl sites for hydroxylation is 1. The summed E-state index contributed by atoms with van der Waals surface area (Å²) in [6, 6.07) is 9.49. The van der Waals surface area contributed by atoms with Crippen molar-refractivity contribution in [2.24, 2.45) is 13.0 Å². The summed E-state index contributed by atoms with van der Waals surface area (Å²) in [5.41, 5.74) is -0.388. The van der Waals surface area contributed by atoms with Gasteiger partial charge in [0.25, 0.3) is 5.56 Å². The molecular weight excluding hydrogens is 375 g/mol. The van der Waals surface area contributed by atoms with Gasteiger partial charge in [-0.15, -0.1) is 0 Å². The predicted octanol–water partition coefficient (Wildman–Crippen LogP) is 3.74. The second-order valence-corrected chi connectivity index (χ2v) is 7.18. The number of nitrogens with zero attached hydrogens (tertiary/aromatic N) is 3. The third-order valence-corrected chi connectivity index (χ3v) is 4.25. The molecule has 0 saturated carbocycles. The minimum Gasteiger partial charge on any atom is -0.457 e. The molecule has 8 heteroatoms. The summed E-state index contributed by atoms with van der Waals surface area (Å²) in [7, 11) is 1.75. The van der Waals surface area contributed by atoms with Crippen molar-refractivity contribution in [3.63, 3.8) is 0 Å². The van der Waals surface area contributed by atoms with Crippen molar-refractivity contribution in [2.45, 2.75) is 26.3 Å². The van der Waals surface area contributed by atoms with Gasteiger partial charge < -0.3 is 14.6 Å². The van der Waals surface area contributed by atoms with Crippen LogP contribution in [0.3, 0.4) is 0 Å². The van der Waals surface area contributed by atoms with Crippen LogP contribution in [0.2, 0.25) is 0 Å². The first-order chi connectivity index (χ1) is 13.8. The van der Waals surface area contributed by atoms with E-state index in [1.54, 1.807) is 36.1 Å². The first kappa shape index (κ1) is 20.3. The molecule has 1 amide bonds. The number of anilines is 1. The highest BCUT2D eigenvalue weighted by atomic mass is 19.1. The maximum atomic E-state index is 13.3. The lowest BCUT2D eigenvalue weighted by Crippen LogP contribution is -2.33. The standard InChI is InChI=1S/C21H23FN4O3/c1-14(2)11-18(21(28)23-19-8-9-25(3)24-19)26-10-7-17(13-20(26)27)29-16-6-4-5-15(22)12-16/h4-10,12-14,18H,11H2,1-3H3,(H,23,24,28). The van der Waals surface area contributed by atoms with Crippen LogP contribution in [0.4, 0.5) is 10.2 Å². The molecule has 0 fully saturated rings. The molecular formula is C21H23FN4O3. The molecule has 0 aliphatic rings. The Hall–Kier alpha value is -3.42. The topological polar surface area (TPSA) is 78.2 Å². The fourth-order valence-corrected chi connectivity index (χ4v) is 2.94. The van der Waals surface area contributed by atoms with E-state index in [0.29, 0.717) is 12.2 Å². The van der Waals surface area contributed by atoms with Crippen LogP contribution in [-0.4, -0.2) is 20.3 Å². The molecule has 0 saturated heterocycles. The molecule has 2 heterocycles. The van der Waals surface area contributed by atoms with Gasteiger partial charge in [0.05, 0.1) is 0 Å². The van der Waals surface area contributed by atoms with Crippen LogP contribution in [0.1, 0.15) is 26.3 Å². The van der Waals surface area contributed by atoms with E-state index in [1.807, 2.05) is 13.8 Å². The zero-order valence-corrected chi connectivity index (χ0v) is 16.5. The van der Waals surface area contributed by atoms with Gasteiger partial charge in [-0.25, -0.2) is 4.39 Å². The number of amides is 1. The molecule has 0 aliphatic heterocycles. The number of halogens is 1. The summed E-state index contributed by atoms with van der Waals surface area (Å²) >= 11 is 0. The van der Waals surface area contributed by atoms with E-state index in [4.69, 9.17) is 4.74 Å². The highest BCUT2D eigenvalue weighted by Crippen LogP contribution is 2.23. The average Bonchev–Trinajstić information content (AvgIpc) is 3.05. The van der Waals surface area contributed by atoms with Crippen molar-refractivity contribution < 1.29 is 13.9 Å². The molecule has 3 rings (SSSR count). The molecule has 1 unspecified atom stereocenters. The zero-order chi connectivity index (χ0) is 21.0. The Morgan fingerprint density at radius 3 is 2.55 bits per heavy atom.